The number of nitrogens with zero attached hydrogens (tertiary/aromatic N) is 2. The molecule has 1 aliphatic heterocycles. The second-order valence-corrected chi connectivity index (χ2v) is 6.34. The number of aromatic amines is 1. The highest BCUT2D eigenvalue weighted by molar-refractivity contribution is 6.06. The summed E-state index contributed by atoms with van der Waals surface area (Å²) in [5.41, 5.74) is 7.45. The number of carbonyl (C=O) groups excluding carboxylic acids is 1. The van der Waals surface area contributed by atoms with Gasteiger partial charge in [0.05, 0.1) is 11.9 Å². The van der Waals surface area contributed by atoms with E-state index >= 15 is 0 Å². The molecule has 0 radical (unpaired) electrons. The molecule has 3 N–H and O–H groups in total. The topological polar surface area (TPSA) is 105 Å². The van der Waals surface area contributed by atoms with Crippen LogP contribution in [0, 0.1) is 6.92 Å². The van der Waals surface area contributed by atoms with Gasteiger partial charge in [0.25, 0.3) is 11.5 Å². The first-order valence-corrected chi connectivity index (χ1v) is 8.13. The number of hydrogen-bond donors (Lipinski definition) is 2. The highest BCUT2D eigenvalue weighted by atomic mass is 35.5. The van der Waals surface area contributed by atoms with Crippen molar-refractivity contribution in [3.05, 3.63) is 63.9 Å². The largest absolute Gasteiger partial charge is 0.442 e. The first kappa shape index (κ1) is 18.2. The number of rotatable bonds is 2. The highest BCUT2D eigenvalue weighted by Crippen LogP contribution is 2.29. The Morgan fingerprint density at radius 3 is 2.77 bits per heavy atom. The van der Waals surface area contributed by atoms with Gasteiger partial charge in [-0.05, 0) is 12.5 Å². The summed E-state index contributed by atoms with van der Waals surface area (Å²) in [5, 5.41) is 0.196. The molecular weight excluding hydrogens is 356 g/mol. The summed E-state index contributed by atoms with van der Waals surface area (Å²) in [6, 6.07) is 9.77. The number of H-pyrrole nitrogens is 1. The lowest BCUT2D eigenvalue weighted by atomic mass is 9.95. The third-order valence-electron chi connectivity index (χ3n) is 4.76. The van der Waals surface area contributed by atoms with Crippen molar-refractivity contribution in [2.24, 2.45) is 5.73 Å². The molecule has 7 nitrogen and oxygen atoms in total. The molecule has 0 saturated carbocycles. The van der Waals surface area contributed by atoms with E-state index in [-0.39, 0.29) is 52.5 Å². The molecule has 1 saturated heterocycles. The van der Waals surface area contributed by atoms with Crippen LogP contribution in [-0.4, -0.2) is 39.9 Å². The fourth-order valence-electron chi connectivity index (χ4n) is 3.52. The van der Waals surface area contributed by atoms with Crippen molar-refractivity contribution < 1.29 is 9.21 Å². The molecule has 4 rings (SSSR count). The van der Waals surface area contributed by atoms with E-state index in [4.69, 9.17) is 10.2 Å². The second-order valence-electron chi connectivity index (χ2n) is 6.34. The van der Waals surface area contributed by atoms with Crippen LogP contribution in [0.1, 0.15) is 27.6 Å². The lowest BCUT2D eigenvalue weighted by Crippen LogP contribution is -2.32. The Balaban J connectivity index is 0.00000196. The Bertz CT molecular complexity index is 999. The van der Waals surface area contributed by atoms with E-state index in [1.165, 1.54) is 6.33 Å². The van der Waals surface area contributed by atoms with E-state index in [1.54, 1.807) is 11.8 Å². The maximum atomic E-state index is 13.0. The number of aryl methyl sites for hydroxylation is 1. The van der Waals surface area contributed by atoms with Gasteiger partial charge >= 0.3 is 0 Å². The summed E-state index contributed by atoms with van der Waals surface area (Å²) >= 11 is 0. The molecule has 0 aliphatic carbocycles. The summed E-state index contributed by atoms with van der Waals surface area (Å²) in [6.45, 7) is 2.61. The molecule has 1 aromatic carbocycles. The number of nitrogens with two attached hydrogens (primary N) is 1. The van der Waals surface area contributed by atoms with Crippen LogP contribution in [0.25, 0.3) is 11.1 Å². The molecule has 8 heteroatoms. The average Bonchev–Trinajstić information content (AvgIpc) is 3.15. The molecule has 0 unspecified atom stereocenters. The minimum atomic E-state index is -0.381. The fraction of sp³-hybridized carbons (Fsp3) is 0.278. The Morgan fingerprint density at radius 1 is 1.31 bits per heavy atom. The van der Waals surface area contributed by atoms with E-state index in [2.05, 4.69) is 9.97 Å². The molecule has 3 aromatic rings. The molecule has 136 valence electrons. The van der Waals surface area contributed by atoms with Crippen LogP contribution in [0.2, 0.25) is 0 Å². The van der Waals surface area contributed by atoms with Gasteiger partial charge in [-0.1, -0.05) is 30.3 Å². The summed E-state index contributed by atoms with van der Waals surface area (Å²) < 4.78 is 5.49. The second kappa shape index (κ2) is 6.93. The van der Waals surface area contributed by atoms with Gasteiger partial charge < -0.3 is 20.0 Å². The van der Waals surface area contributed by atoms with Gasteiger partial charge in [-0.3, -0.25) is 9.59 Å². The summed E-state index contributed by atoms with van der Waals surface area (Å²) in [6.07, 6.45) is 1.26. The van der Waals surface area contributed by atoms with Crippen molar-refractivity contribution in [2.75, 3.05) is 13.1 Å². The number of fused-ring (bicyclic) bond motifs is 1. The third-order valence-corrected chi connectivity index (χ3v) is 4.76. The maximum Gasteiger partial charge on any atom is 0.262 e. The van der Waals surface area contributed by atoms with E-state index in [9.17, 15) is 9.59 Å². The number of halogens is 1. The number of aromatic nitrogens is 2. The van der Waals surface area contributed by atoms with Crippen LogP contribution in [0.5, 0.6) is 0 Å². The summed E-state index contributed by atoms with van der Waals surface area (Å²) in [5.74, 6) is 0.213. The number of nitrogens with one attached hydrogen (secondary N) is 1. The van der Waals surface area contributed by atoms with Gasteiger partial charge in [0.15, 0.2) is 0 Å². The van der Waals surface area contributed by atoms with Gasteiger partial charge in [-0.15, -0.1) is 12.4 Å². The van der Waals surface area contributed by atoms with Gasteiger partial charge in [0.2, 0.25) is 5.71 Å². The normalized spacial score (nSPS) is 19.5. The van der Waals surface area contributed by atoms with Crippen molar-refractivity contribution in [2.45, 2.75) is 18.9 Å². The Kier molecular flexibility index (Phi) is 4.84. The molecule has 2 aromatic heterocycles. The van der Waals surface area contributed by atoms with Crippen molar-refractivity contribution in [1.82, 2.24) is 14.9 Å². The first-order valence-electron chi connectivity index (χ1n) is 8.13. The van der Waals surface area contributed by atoms with E-state index in [0.717, 1.165) is 5.56 Å². The lowest BCUT2D eigenvalue weighted by Gasteiger charge is -2.16. The molecule has 3 heterocycles. The zero-order valence-corrected chi connectivity index (χ0v) is 15.0. The monoisotopic (exact) mass is 374 g/mol. The summed E-state index contributed by atoms with van der Waals surface area (Å²) in [7, 11) is 0. The SMILES string of the molecule is Cc1oc2nc[nH]c(=O)c2c1C(=O)N1C[C@@H](N)[C@H](c2ccccc2)C1.Cl. The van der Waals surface area contributed by atoms with Crippen molar-refractivity contribution in [1.29, 1.82) is 0 Å². The van der Waals surface area contributed by atoms with E-state index < -0.39 is 0 Å². The van der Waals surface area contributed by atoms with Crippen molar-refractivity contribution in [3.63, 3.8) is 0 Å². The third kappa shape index (κ3) is 2.89. The Morgan fingerprint density at radius 2 is 2.04 bits per heavy atom. The van der Waals surface area contributed by atoms with E-state index in [1.807, 2.05) is 30.3 Å². The van der Waals surface area contributed by atoms with Gasteiger partial charge in [-0.25, -0.2) is 4.98 Å². The fourth-order valence-corrected chi connectivity index (χ4v) is 3.52. The molecule has 0 bridgehead atoms. The zero-order valence-electron chi connectivity index (χ0n) is 14.1. The molecule has 0 spiro atoms. The van der Waals surface area contributed by atoms with Crippen LogP contribution in [0.3, 0.4) is 0 Å². The van der Waals surface area contributed by atoms with Crippen LogP contribution < -0.4 is 11.3 Å². The van der Waals surface area contributed by atoms with Crippen molar-refractivity contribution >= 4 is 29.4 Å². The molecular formula is C18H19ClN4O3. The van der Waals surface area contributed by atoms with Gasteiger partial charge in [0, 0.05) is 25.0 Å². The highest BCUT2D eigenvalue weighted by Gasteiger charge is 2.36. The number of furan rings is 1. The Hall–Kier alpha value is -2.64. The first-order chi connectivity index (χ1) is 12.1. The number of hydrogen-bond acceptors (Lipinski definition) is 5. The zero-order chi connectivity index (χ0) is 17.6. The minimum absolute atomic E-state index is 0. The van der Waals surface area contributed by atoms with E-state index in [0.29, 0.717) is 18.8 Å². The molecule has 1 aliphatic rings. The summed E-state index contributed by atoms with van der Waals surface area (Å²) in [4.78, 5) is 33.4. The smallest absolute Gasteiger partial charge is 0.262 e. The van der Waals surface area contributed by atoms with Crippen LogP contribution >= 0.6 is 12.4 Å². The lowest BCUT2D eigenvalue weighted by molar-refractivity contribution is 0.0789. The van der Waals surface area contributed by atoms with Crippen LogP contribution in [0.4, 0.5) is 0 Å². The predicted octanol–water partition coefficient (Wildman–Crippen LogP) is 1.81. The Labute approximate surface area is 155 Å². The average molecular weight is 375 g/mol. The van der Waals surface area contributed by atoms with Crippen LogP contribution in [0.15, 0.2) is 45.9 Å². The number of likely N-dealkylation sites (tertiary alicyclic amines) is 1. The standard InChI is InChI=1S/C18H18N4O3.ClH/c1-10-14(15-16(23)20-9-21-17(15)25-10)18(24)22-7-12(13(19)8-22)11-5-3-2-4-6-11;/h2-6,9,12-13H,7-8,19H2,1H3,(H,20,21,23);1H/t12-,13+;/m0./s1. The number of amides is 1. The minimum Gasteiger partial charge on any atom is -0.442 e. The molecule has 1 amide bonds. The van der Waals surface area contributed by atoms with Gasteiger partial charge in [0.1, 0.15) is 11.1 Å². The predicted molar refractivity (Wildman–Crippen MR) is 99.7 cm³/mol. The molecule has 1 fully saturated rings. The number of benzene rings is 1. The quantitative estimate of drug-likeness (QED) is 0.711. The molecule has 2 atom stereocenters. The van der Waals surface area contributed by atoms with Gasteiger partial charge in [-0.2, -0.15) is 0 Å². The molecule has 26 heavy (non-hydrogen) atoms. The van der Waals surface area contributed by atoms with Crippen LogP contribution in [-0.2, 0) is 0 Å². The maximum absolute atomic E-state index is 13.0. The van der Waals surface area contributed by atoms with Crippen molar-refractivity contribution in [3.8, 4) is 0 Å². The number of carbonyl (C=O) groups is 1.